The number of ether oxygens (including phenoxy) is 1. The van der Waals surface area contributed by atoms with E-state index in [1.807, 2.05) is 24.3 Å². The second kappa shape index (κ2) is 11.2. The Kier molecular flexibility index (Phi) is 7.80. The van der Waals surface area contributed by atoms with E-state index in [-0.39, 0.29) is 17.8 Å². The van der Waals surface area contributed by atoms with Gasteiger partial charge in [-0.15, -0.1) is 0 Å². The van der Waals surface area contributed by atoms with Crippen LogP contribution in [0.3, 0.4) is 0 Å². The fourth-order valence-corrected chi connectivity index (χ4v) is 4.45. The Labute approximate surface area is 200 Å². The third kappa shape index (κ3) is 5.94. The summed E-state index contributed by atoms with van der Waals surface area (Å²) < 4.78 is 11.5. The minimum Gasteiger partial charge on any atom is -0.482 e. The summed E-state index contributed by atoms with van der Waals surface area (Å²) in [5, 5.41) is 0. The number of hydrogen-bond acceptors (Lipinski definition) is 5. The molecule has 0 atom stereocenters. The smallest absolute Gasteiger partial charge is 0.248 e. The zero-order chi connectivity index (χ0) is 23.9. The standard InChI is InChI=1S/C28H32N2O4/c1-2-3-4-5-8-21-13-20(11-12-25(21)28(29)32)18-34-27-19-33-24(14-26(27)31)17-30-15-22-9-6-7-10-23(22)16-30/h6-7,9-14,19H,2-5,8,15-18H2,1H3,(H2,29,32). The Hall–Kier alpha value is -3.38. The number of fused-ring (bicyclic) bond motifs is 1. The maximum atomic E-state index is 12.6. The van der Waals surface area contributed by atoms with Crippen LogP contribution in [-0.2, 0) is 32.7 Å². The Morgan fingerprint density at radius 3 is 2.50 bits per heavy atom. The average molecular weight is 461 g/mol. The molecule has 0 aliphatic carbocycles. The lowest BCUT2D eigenvalue weighted by atomic mass is 9.98. The topological polar surface area (TPSA) is 85.8 Å². The molecule has 1 amide bonds. The molecule has 0 fully saturated rings. The number of nitrogens with zero attached hydrogens (tertiary/aromatic N) is 1. The first-order chi connectivity index (χ1) is 16.5. The lowest BCUT2D eigenvalue weighted by molar-refractivity contribution is 0.0999. The van der Waals surface area contributed by atoms with E-state index in [1.165, 1.54) is 29.9 Å². The highest BCUT2D eigenvalue weighted by molar-refractivity contribution is 5.94. The minimum absolute atomic E-state index is 0.178. The van der Waals surface area contributed by atoms with E-state index in [0.29, 0.717) is 17.9 Å². The van der Waals surface area contributed by atoms with E-state index < -0.39 is 5.91 Å². The SMILES string of the molecule is CCCCCCc1cc(COc2coc(CN3Cc4ccccc4C3)cc2=O)ccc1C(N)=O. The van der Waals surface area contributed by atoms with Gasteiger partial charge in [0.2, 0.25) is 17.1 Å². The van der Waals surface area contributed by atoms with Gasteiger partial charge in [0.1, 0.15) is 18.6 Å². The van der Waals surface area contributed by atoms with Gasteiger partial charge in [-0.1, -0.05) is 62.6 Å². The maximum absolute atomic E-state index is 12.6. The fourth-order valence-electron chi connectivity index (χ4n) is 4.45. The van der Waals surface area contributed by atoms with Gasteiger partial charge in [0.15, 0.2) is 0 Å². The molecule has 0 saturated heterocycles. The van der Waals surface area contributed by atoms with Crippen LogP contribution in [-0.4, -0.2) is 10.8 Å². The number of rotatable bonds is 11. The summed E-state index contributed by atoms with van der Waals surface area (Å²) in [6.45, 7) is 4.65. The molecule has 6 heteroatoms. The molecule has 6 nitrogen and oxygen atoms in total. The normalized spacial score (nSPS) is 13.1. The first-order valence-electron chi connectivity index (χ1n) is 12.0. The third-order valence-corrected chi connectivity index (χ3v) is 6.27. The van der Waals surface area contributed by atoms with E-state index in [9.17, 15) is 9.59 Å². The van der Waals surface area contributed by atoms with Crippen LogP contribution in [0.25, 0.3) is 0 Å². The number of carbonyl (C=O) groups excluding carboxylic acids is 1. The molecule has 2 aromatic carbocycles. The van der Waals surface area contributed by atoms with Crippen LogP contribution in [0, 0.1) is 0 Å². The zero-order valence-electron chi connectivity index (χ0n) is 19.7. The fraction of sp³-hybridized carbons (Fsp3) is 0.357. The van der Waals surface area contributed by atoms with E-state index in [2.05, 4.69) is 24.0 Å². The number of nitrogens with two attached hydrogens (primary N) is 1. The highest BCUT2D eigenvalue weighted by atomic mass is 16.5. The number of amides is 1. The molecule has 0 unspecified atom stereocenters. The van der Waals surface area contributed by atoms with E-state index >= 15 is 0 Å². The average Bonchev–Trinajstić information content (AvgIpc) is 3.23. The van der Waals surface area contributed by atoms with Crippen LogP contribution < -0.4 is 15.9 Å². The molecule has 3 aromatic rings. The van der Waals surface area contributed by atoms with Gasteiger partial charge >= 0.3 is 0 Å². The first-order valence-corrected chi connectivity index (χ1v) is 12.0. The highest BCUT2D eigenvalue weighted by Gasteiger charge is 2.19. The van der Waals surface area contributed by atoms with Crippen molar-refractivity contribution in [1.82, 2.24) is 4.90 Å². The lowest BCUT2D eigenvalue weighted by Crippen LogP contribution is -2.17. The summed E-state index contributed by atoms with van der Waals surface area (Å²) in [6.07, 6.45) is 6.64. The summed E-state index contributed by atoms with van der Waals surface area (Å²) >= 11 is 0. The maximum Gasteiger partial charge on any atom is 0.248 e. The van der Waals surface area contributed by atoms with Gasteiger partial charge in [-0.2, -0.15) is 0 Å². The van der Waals surface area contributed by atoms with Gasteiger partial charge in [-0.25, -0.2) is 0 Å². The Bertz CT molecular complexity index is 1180. The van der Waals surface area contributed by atoms with Gasteiger partial charge in [0.25, 0.3) is 0 Å². The summed E-state index contributed by atoms with van der Waals surface area (Å²) in [6, 6.07) is 15.4. The molecule has 0 radical (unpaired) electrons. The number of carbonyl (C=O) groups is 1. The molecule has 4 rings (SSSR count). The second-order valence-electron chi connectivity index (χ2n) is 8.94. The minimum atomic E-state index is -0.421. The van der Waals surface area contributed by atoms with Gasteiger partial charge in [-0.3, -0.25) is 14.5 Å². The highest BCUT2D eigenvalue weighted by Crippen LogP contribution is 2.24. The quantitative estimate of drug-likeness (QED) is 0.409. The largest absolute Gasteiger partial charge is 0.482 e. The molecule has 2 heterocycles. The molecule has 1 aliphatic rings. The summed E-state index contributed by atoms with van der Waals surface area (Å²) in [7, 11) is 0. The van der Waals surface area contributed by atoms with Crippen LogP contribution in [0.2, 0.25) is 0 Å². The Balaban J connectivity index is 1.37. The van der Waals surface area contributed by atoms with Gasteiger partial charge in [-0.05, 0) is 41.2 Å². The van der Waals surface area contributed by atoms with Crippen LogP contribution in [0.4, 0.5) is 0 Å². The zero-order valence-corrected chi connectivity index (χ0v) is 19.7. The summed E-state index contributed by atoms with van der Waals surface area (Å²) in [5.41, 5.74) is 10.3. The van der Waals surface area contributed by atoms with E-state index in [1.54, 1.807) is 6.07 Å². The second-order valence-corrected chi connectivity index (χ2v) is 8.94. The Morgan fingerprint density at radius 1 is 1.06 bits per heavy atom. The molecule has 0 saturated carbocycles. The van der Waals surface area contributed by atoms with Crippen molar-refractivity contribution >= 4 is 5.91 Å². The molecule has 1 aromatic heterocycles. The molecular weight excluding hydrogens is 428 g/mol. The lowest BCUT2D eigenvalue weighted by Gasteiger charge is -2.14. The first kappa shape index (κ1) is 23.8. The monoisotopic (exact) mass is 460 g/mol. The van der Waals surface area contributed by atoms with E-state index in [0.717, 1.165) is 49.9 Å². The van der Waals surface area contributed by atoms with Gasteiger partial charge in [0, 0.05) is 24.7 Å². The van der Waals surface area contributed by atoms with Gasteiger partial charge < -0.3 is 14.9 Å². The van der Waals surface area contributed by atoms with Crippen LogP contribution in [0.1, 0.15) is 71.0 Å². The van der Waals surface area contributed by atoms with Crippen molar-refractivity contribution in [1.29, 1.82) is 0 Å². The third-order valence-electron chi connectivity index (χ3n) is 6.27. The van der Waals surface area contributed by atoms with Crippen molar-refractivity contribution in [2.45, 2.75) is 65.3 Å². The summed E-state index contributed by atoms with van der Waals surface area (Å²) in [5.74, 6) is 0.373. The number of aryl methyl sites for hydroxylation is 1. The van der Waals surface area contributed by atoms with Crippen molar-refractivity contribution in [3.8, 4) is 5.75 Å². The Morgan fingerprint density at radius 2 is 1.82 bits per heavy atom. The van der Waals surface area contributed by atoms with Crippen LogP contribution >= 0.6 is 0 Å². The van der Waals surface area contributed by atoms with Crippen LogP contribution in [0.5, 0.6) is 5.75 Å². The van der Waals surface area contributed by atoms with Crippen molar-refractivity contribution in [3.63, 3.8) is 0 Å². The number of unbranched alkanes of at least 4 members (excludes halogenated alkanes) is 3. The van der Waals surface area contributed by atoms with Gasteiger partial charge in [0.05, 0.1) is 6.54 Å². The van der Waals surface area contributed by atoms with Crippen molar-refractivity contribution < 1.29 is 13.9 Å². The number of primary amides is 1. The molecule has 0 bridgehead atoms. The molecule has 2 N–H and O–H groups in total. The molecule has 0 spiro atoms. The number of hydrogen-bond donors (Lipinski definition) is 1. The van der Waals surface area contributed by atoms with Crippen molar-refractivity contribution in [2.75, 3.05) is 0 Å². The molecular formula is C28H32N2O4. The molecule has 178 valence electrons. The number of benzene rings is 2. The summed E-state index contributed by atoms with van der Waals surface area (Å²) in [4.78, 5) is 26.6. The molecule has 34 heavy (non-hydrogen) atoms. The van der Waals surface area contributed by atoms with Crippen LogP contribution in [0.15, 0.2) is 64.0 Å². The van der Waals surface area contributed by atoms with E-state index in [4.69, 9.17) is 14.9 Å². The van der Waals surface area contributed by atoms with Crippen molar-refractivity contribution in [2.24, 2.45) is 5.73 Å². The predicted molar refractivity (Wildman–Crippen MR) is 132 cm³/mol. The molecule has 1 aliphatic heterocycles. The predicted octanol–water partition coefficient (Wildman–Crippen LogP) is 4.96. The van der Waals surface area contributed by atoms with Crippen molar-refractivity contribution in [3.05, 3.63) is 98.6 Å².